The number of thioether (sulfide) groups is 1. The number of ether oxygens (including phenoxy) is 1. The van der Waals surface area contributed by atoms with E-state index in [4.69, 9.17) is 9.15 Å². The highest BCUT2D eigenvalue weighted by molar-refractivity contribution is 8.14. The van der Waals surface area contributed by atoms with Crippen LogP contribution in [0, 0.1) is 5.82 Å². The highest BCUT2D eigenvalue weighted by atomic mass is 32.2. The third-order valence-electron chi connectivity index (χ3n) is 5.02. The number of furan rings is 1. The van der Waals surface area contributed by atoms with Crippen LogP contribution in [0.1, 0.15) is 24.2 Å². The van der Waals surface area contributed by atoms with Gasteiger partial charge in [0, 0.05) is 30.6 Å². The molecule has 1 aromatic carbocycles. The van der Waals surface area contributed by atoms with E-state index >= 15 is 4.39 Å². The maximum atomic E-state index is 15.4. The van der Waals surface area contributed by atoms with Crippen molar-refractivity contribution >= 4 is 45.6 Å². The van der Waals surface area contributed by atoms with Crippen LogP contribution >= 0.6 is 11.8 Å². The van der Waals surface area contributed by atoms with E-state index in [2.05, 4.69) is 0 Å². The molecule has 1 amide bonds. The molecule has 1 aromatic heterocycles. The number of carbonyl (C=O) groups excluding carboxylic acids is 2. The Hall–Kier alpha value is -2.10. The second-order valence-electron chi connectivity index (χ2n) is 7.21. The summed E-state index contributed by atoms with van der Waals surface area (Å²) >= 11 is 1.03. The lowest BCUT2D eigenvalue weighted by Crippen LogP contribution is -2.46. The highest BCUT2D eigenvalue weighted by Crippen LogP contribution is 2.40. The Bertz CT molecular complexity index is 923. The smallest absolute Gasteiger partial charge is 0.286 e. The summed E-state index contributed by atoms with van der Waals surface area (Å²) < 4.78 is 26.6. The molecular formula is C19H21FN2O5S. The molecule has 150 valence electrons. The lowest BCUT2D eigenvalue weighted by Gasteiger charge is -2.37. The van der Waals surface area contributed by atoms with Gasteiger partial charge in [-0.2, -0.15) is 0 Å². The number of benzene rings is 1. The number of hydrogen-bond acceptors (Lipinski definition) is 7. The monoisotopic (exact) mass is 408 g/mol. The van der Waals surface area contributed by atoms with E-state index in [1.54, 1.807) is 11.0 Å². The fourth-order valence-corrected chi connectivity index (χ4v) is 4.80. The Morgan fingerprint density at radius 2 is 2.04 bits per heavy atom. The molecule has 3 heterocycles. The summed E-state index contributed by atoms with van der Waals surface area (Å²) in [7, 11) is 0. The van der Waals surface area contributed by atoms with Gasteiger partial charge < -0.3 is 19.2 Å². The van der Waals surface area contributed by atoms with Crippen molar-refractivity contribution in [3.05, 3.63) is 23.7 Å². The zero-order valence-corrected chi connectivity index (χ0v) is 16.4. The van der Waals surface area contributed by atoms with Gasteiger partial charge in [0.05, 0.1) is 35.4 Å². The molecule has 0 radical (unpaired) electrons. The molecule has 3 atom stereocenters. The fraction of sp³-hybridized carbons (Fsp3) is 0.474. The lowest BCUT2D eigenvalue weighted by atomic mass is 10.1. The van der Waals surface area contributed by atoms with Crippen LogP contribution in [-0.4, -0.2) is 60.3 Å². The number of aliphatic hydroxyl groups excluding tert-OH is 1. The minimum atomic E-state index is -0.620. The maximum Gasteiger partial charge on any atom is 0.286 e. The average Bonchev–Trinajstić information content (AvgIpc) is 3.23. The number of halogens is 1. The number of rotatable bonds is 4. The molecule has 9 heteroatoms. The van der Waals surface area contributed by atoms with Crippen LogP contribution in [0.3, 0.4) is 0 Å². The average molecular weight is 408 g/mol. The lowest BCUT2D eigenvalue weighted by molar-refractivity contribution is -0.00542. The van der Waals surface area contributed by atoms with Crippen LogP contribution in [0.4, 0.5) is 20.6 Å². The number of hydrogen-bond donors (Lipinski definition) is 1. The number of morpholine rings is 1. The topological polar surface area (TPSA) is 83.2 Å². The van der Waals surface area contributed by atoms with Crippen molar-refractivity contribution in [3.63, 3.8) is 0 Å². The van der Waals surface area contributed by atoms with Crippen LogP contribution in [0.25, 0.3) is 11.0 Å². The van der Waals surface area contributed by atoms with Gasteiger partial charge in [0.1, 0.15) is 6.26 Å². The first-order valence-electron chi connectivity index (χ1n) is 9.11. The molecule has 0 unspecified atom stereocenters. The van der Waals surface area contributed by atoms with E-state index in [1.165, 1.54) is 11.2 Å². The molecule has 1 N–H and O–H groups in total. The van der Waals surface area contributed by atoms with Gasteiger partial charge in [-0.05, 0) is 19.9 Å². The van der Waals surface area contributed by atoms with Gasteiger partial charge in [0.25, 0.3) is 5.24 Å². The van der Waals surface area contributed by atoms with Gasteiger partial charge in [-0.1, -0.05) is 11.8 Å². The van der Waals surface area contributed by atoms with Crippen LogP contribution < -0.4 is 9.80 Å². The molecule has 2 aliphatic heterocycles. The van der Waals surface area contributed by atoms with Gasteiger partial charge in [0.15, 0.2) is 17.7 Å². The summed E-state index contributed by atoms with van der Waals surface area (Å²) in [6.07, 6.45) is 1.76. The second-order valence-corrected chi connectivity index (χ2v) is 8.46. The molecule has 4 rings (SSSR count). The first kappa shape index (κ1) is 19.2. The van der Waals surface area contributed by atoms with Crippen molar-refractivity contribution in [2.75, 3.05) is 36.0 Å². The van der Waals surface area contributed by atoms with E-state index in [-0.39, 0.29) is 46.1 Å². The standard InChI is InChI=1S/C19H21FN2O5S/c1-10-4-21(5-11(2)27-10)17-12(7-23)3-14-15(9-26-18(14)16(17)20)22-6-13(8-24)28-19(22)25/h3,7,9-11,13,24H,4-6,8H2,1-2H3/t10-,11-,13-/m1/s1. The predicted octanol–water partition coefficient (Wildman–Crippen LogP) is 3.03. The molecule has 2 fully saturated rings. The number of nitrogens with zero attached hydrogens (tertiary/aromatic N) is 2. The molecule has 2 aromatic rings. The number of aldehydes is 1. The van der Waals surface area contributed by atoms with Gasteiger partial charge in [-0.25, -0.2) is 4.39 Å². The number of anilines is 2. The van der Waals surface area contributed by atoms with Gasteiger partial charge in [-0.15, -0.1) is 0 Å². The largest absolute Gasteiger partial charge is 0.459 e. The molecule has 0 bridgehead atoms. The van der Waals surface area contributed by atoms with Gasteiger partial charge >= 0.3 is 0 Å². The van der Waals surface area contributed by atoms with Crippen molar-refractivity contribution in [1.82, 2.24) is 0 Å². The Kier molecular flexibility index (Phi) is 5.07. The Balaban J connectivity index is 1.79. The number of fused-ring (bicyclic) bond motifs is 1. The molecule has 2 aliphatic rings. The van der Waals surface area contributed by atoms with Crippen molar-refractivity contribution in [2.45, 2.75) is 31.3 Å². The molecule has 0 saturated carbocycles. The van der Waals surface area contributed by atoms with E-state index in [1.807, 2.05) is 13.8 Å². The third-order valence-corrected chi connectivity index (χ3v) is 6.07. The molecule has 7 nitrogen and oxygen atoms in total. The molecule has 0 spiro atoms. The quantitative estimate of drug-likeness (QED) is 0.779. The Morgan fingerprint density at radius 1 is 1.32 bits per heavy atom. The molecular weight excluding hydrogens is 387 g/mol. The van der Waals surface area contributed by atoms with E-state index < -0.39 is 5.82 Å². The Labute approximate surface area is 165 Å². The molecule has 2 saturated heterocycles. The Morgan fingerprint density at radius 3 is 2.64 bits per heavy atom. The van der Waals surface area contributed by atoms with Crippen LogP contribution in [0.15, 0.2) is 16.7 Å². The van der Waals surface area contributed by atoms with Crippen molar-refractivity contribution in [3.8, 4) is 0 Å². The first-order valence-corrected chi connectivity index (χ1v) is 9.99. The molecule has 28 heavy (non-hydrogen) atoms. The minimum absolute atomic E-state index is 0.00708. The summed E-state index contributed by atoms with van der Waals surface area (Å²) in [6, 6.07) is 1.56. The van der Waals surface area contributed by atoms with E-state index in [0.29, 0.717) is 37.0 Å². The van der Waals surface area contributed by atoms with Crippen molar-refractivity contribution in [1.29, 1.82) is 0 Å². The van der Waals surface area contributed by atoms with Crippen molar-refractivity contribution in [2.24, 2.45) is 0 Å². The normalized spacial score (nSPS) is 25.7. The zero-order valence-electron chi connectivity index (χ0n) is 15.6. The van der Waals surface area contributed by atoms with E-state index in [0.717, 1.165) is 11.8 Å². The predicted molar refractivity (Wildman–Crippen MR) is 105 cm³/mol. The van der Waals surface area contributed by atoms with Crippen LogP contribution in [0.2, 0.25) is 0 Å². The summed E-state index contributed by atoms with van der Waals surface area (Å²) in [5.74, 6) is -0.620. The van der Waals surface area contributed by atoms with Gasteiger partial charge in [-0.3, -0.25) is 14.5 Å². The SMILES string of the molecule is C[C@@H]1CN(c2c(C=O)cc3c(N4C[C@H](CO)SC4=O)coc3c2F)C[C@@H](C)O1. The summed E-state index contributed by atoms with van der Waals surface area (Å²) in [5, 5.41) is 9.20. The number of aliphatic hydroxyl groups is 1. The van der Waals surface area contributed by atoms with Crippen LogP contribution in [0.5, 0.6) is 0 Å². The maximum absolute atomic E-state index is 15.4. The van der Waals surface area contributed by atoms with Crippen LogP contribution in [-0.2, 0) is 4.74 Å². The third kappa shape index (κ3) is 3.17. The second kappa shape index (κ2) is 7.38. The summed E-state index contributed by atoms with van der Waals surface area (Å²) in [6.45, 7) is 4.89. The summed E-state index contributed by atoms with van der Waals surface area (Å²) in [4.78, 5) is 27.3. The number of carbonyl (C=O) groups is 2. The first-order chi connectivity index (χ1) is 13.4. The van der Waals surface area contributed by atoms with Gasteiger partial charge in [0.2, 0.25) is 0 Å². The minimum Gasteiger partial charge on any atom is -0.459 e. The fourth-order valence-electron chi connectivity index (χ4n) is 3.92. The highest BCUT2D eigenvalue weighted by Gasteiger charge is 2.35. The van der Waals surface area contributed by atoms with Crippen molar-refractivity contribution < 1.29 is 28.2 Å². The molecule has 0 aliphatic carbocycles. The zero-order chi connectivity index (χ0) is 20.0. The van der Waals surface area contributed by atoms with E-state index in [9.17, 15) is 14.7 Å². The summed E-state index contributed by atoms with van der Waals surface area (Å²) in [5.41, 5.74) is 0.807. The number of amides is 1.